The van der Waals surface area contributed by atoms with Gasteiger partial charge in [-0.2, -0.15) is 0 Å². The number of nitrogens with zero attached hydrogens (tertiary/aromatic N) is 2. The molecule has 0 aliphatic heterocycles. The maximum Gasteiger partial charge on any atom is 0.0812 e. The molecule has 2 unspecified atom stereocenters. The van der Waals surface area contributed by atoms with Crippen molar-refractivity contribution in [3.05, 3.63) is 23.5 Å². The fourth-order valence-electron chi connectivity index (χ4n) is 3.15. The molecule has 0 radical (unpaired) electrons. The van der Waals surface area contributed by atoms with Crippen LogP contribution >= 0.6 is 0 Å². The van der Waals surface area contributed by atoms with Crippen LogP contribution in [0.5, 0.6) is 0 Å². The molecule has 2 atom stereocenters. The largest absolute Gasteiger partial charge is 0.388 e. The molecule has 1 aromatic rings. The third-order valence-corrected chi connectivity index (χ3v) is 4.28. The van der Waals surface area contributed by atoms with Gasteiger partial charge in [0.15, 0.2) is 0 Å². The minimum Gasteiger partial charge on any atom is -0.388 e. The molecule has 0 saturated carbocycles. The van der Waals surface area contributed by atoms with Crippen molar-refractivity contribution in [2.24, 2.45) is 5.41 Å². The van der Waals surface area contributed by atoms with Crippen LogP contribution < -0.4 is 0 Å². The van der Waals surface area contributed by atoms with Crippen LogP contribution in [0.1, 0.15) is 57.0 Å². The second-order valence-corrected chi connectivity index (χ2v) is 7.13. The Morgan fingerprint density at radius 2 is 2.16 bits per heavy atom. The first-order valence-electron chi connectivity index (χ1n) is 7.32. The molecule has 0 amide bonds. The van der Waals surface area contributed by atoms with Gasteiger partial charge < -0.3 is 14.6 Å². The number of aliphatic hydroxyl groups is 1. The van der Waals surface area contributed by atoms with E-state index in [9.17, 15) is 5.11 Å². The van der Waals surface area contributed by atoms with E-state index in [-0.39, 0.29) is 11.5 Å². The average Bonchev–Trinajstić information content (AvgIpc) is 2.67. The minimum absolute atomic E-state index is 0.198. The van der Waals surface area contributed by atoms with Crippen molar-refractivity contribution in [3.8, 4) is 0 Å². The summed E-state index contributed by atoms with van der Waals surface area (Å²) in [4.78, 5) is 2.23. The summed E-state index contributed by atoms with van der Waals surface area (Å²) in [6.07, 6.45) is 4.95. The van der Waals surface area contributed by atoms with E-state index in [1.807, 2.05) is 0 Å². The molecule has 3 heteroatoms. The van der Waals surface area contributed by atoms with E-state index >= 15 is 0 Å². The lowest BCUT2D eigenvalue weighted by atomic mass is 9.75. The zero-order valence-corrected chi connectivity index (χ0v) is 13.0. The molecule has 1 heterocycles. The van der Waals surface area contributed by atoms with Gasteiger partial charge in [0.1, 0.15) is 0 Å². The number of aliphatic hydroxyl groups excluding tert-OH is 1. The first kappa shape index (κ1) is 14.6. The summed E-state index contributed by atoms with van der Waals surface area (Å²) >= 11 is 0. The maximum atomic E-state index is 10.3. The Bertz CT molecular complexity index is 434. The molecule has 0 spiro atoms. The lowest BCUT2D eigenvalue weighted by molar-refractivity contribution is 0.0974. The summed E-state index contributed by atoms with van der Waals surface area (Å²) in [5, 5.41) is 10.3. The van der Waals surface area contributed by atoms with E-state index in [0.29, 0.717) is 6.04 Å². The minimum atomic E-state index is -0.291. The highest BCUT2D eigenvalue weighted by Gasteiger charge is 2.33. The molecule has 108 valence electrons. The van der Waals surface area contributed by atoms with Gasteiger partial charge in [0.25, 0.3) is 0 Å². The van der Waals surface area contributed by atoms with E-state index in [1.54, 1.807) is 0 Å². The standard InChI is InChI=1S/C16H28N2O/c1-12(6-8-17(4)5)18-9-7-13-14(18)10-16(2,3)11-15(13)19/h7,9,12,15,19H,6,8,10-11H2,1-5H3. The van der Waals surface area contributed by atoms with Crippen molar-refractivity contribution in [2.75, 3.05) is 20.6 Å². The molecule has 1 aliphatic rings. The molecule has 0 aromatic carbocycles. The Hall–Kier alpha value is -0.800. The van der Waals surface area contributed by atoms with E-state index in [4.69, 9.17) is 0 Å². The van der Waals surface area contributed by atoms with Gasteiger partial charge in [-0.05, 0) is 58.3 Å². The monoisotopic (exact) mass is 264 g/mol. The lowest BCUT2D eigenvalue weighted by Gasteiger charge is -2.35. The van der Waals surface area contributed by atoms with Crippen molar-refractivity contribution < 1.29 is 5.11 Å². The van der Waals surface area contributed by atoms with Gasteiger partial charge in [-0.3, -0.25) is 0 Å². The maximum absolute atomic E-state index is 10.3. The van der Waals surface area contributed by atoms with Crippen LogP contribution in [0.2, 0.25) is 0 Å². The Morgan fingerprint density at radius 3 is 2.79 bits per heavy atom. The number of fused-ring (bicyclic) bond motifs is 1. The highest BCUT2D eigenvalue weighted by Crippen LogP contribution is 2.41. The zero-order valence-electron chi connectivity index (χ0n) is 13.0. The highest BCUT2D eigenvalue weighted by molar-refractivity contribution is 5.29. The topological polar surface area (TPSA) is 28.4 Å². The molecule has 19 heavy (non-hydrogen) atoms. The zero-order chi connectivity index (χ0) is 14.2. The fraction of sp³-hybridized carbons (Fsp3) is 0.750. The van der Waals surface area contributed by atoms with Crippen LogP contribution in [-0.2, 0) is 6.42 Å². The van der Waals surface area contributed by atoms with Crippen LogP contribution in [0.25, 0.3) is 0 Å². The fourth-order valence-corrected chi connectivity index (χ4v) is 3.15. The van der Waals surface area contributed by atoms with Gasteiger partial charge >= 0.3 is 0 Å². The SMILES string of the molecule is CC(CCN(C)C)n1ccc2c1CC(C)(C)CC2O. The number of hydrogen-bond acceptors (Lipinski definition) is 2. The first-order chi connectivity index (χ1) is 8.80. The summed E-state index contributed by atoms with van der Waals surface area (Å²) in [5.74, 6) is 0. The first-order valence-corrected chi connectivity index (χ1v) is 7.32. The van der Waals surface area contributed by atoms with Gasteiger partial charge in [0.05, 0.1) is 6.10 Å². The summed E-state index contributed by atoms with van der Waals surface area (Å²) in [7, 11) is 4.23. The van der Waals surface area contributed by atoms with E-state index in [2.05, 4.69) is 56.6 Å². The van der Waals surface area contributed by atoms with Gasteiger partial charge in [0, 0.05) is 23.5 Å². The molecular weight excluding hydrogens is 236 g/mol. The highest BCUT2D eigenvalue weighted by atomic mass is 16.3. The number of aromatic nitrogens is 1. The van der Waals surface area contributed by atoms with Gasteiger partial charge in [-0.15, -0.1) is 0 Å². The Labute approximate surface area is 117 Å². The van der Waals surface area contributed by atoms with E-state index in [0.717, 1.165) is 31.4 Å². The molecule has 1 aliphatic carbocycles. The van der Waals surface area contributed by atoms with Gasteiger partial charge in [-0.1, -0.05) is 13.8 Å². The second-order valence-electron chi connectivity index (χ2n) is 7.13. The van der Waals surface area contributed by atoms with Crippen LogP contribution in [-0.4, -0.2) is 35.2 Å². The number of hydrogen-bond donors (Lipinski definition) is 1. The van der Waals surface area contributed by atoms with Gasteiger partial charge in [-0.25, -0.2) is 0 Å². The summed E-state index contributed by atoms with van der Waals surface area (Å²) in [5.41, 5.74) is 2.69. The molecule has 0 bridgehead atoms. The molecule has 0 saturated heterocycles. The third kappa shape index (κ3) is 3.21. The predicted octanol–water partition coefficient (Wildman–Crippen LogP) is 3.01. The Kier molecular flexibility index (Phi) is 4.07. The third-order valence-electron chi connectivity index (χ3n) is 4.28. The van der Waals surface area contributed by atoms with E-state index < -0.39 is 0 Å². The lowest BCUT2D eigenvalue weighted by Crippen LogP contribution is -2.27. The molecule has 3 nitrogen and oxygen atoms in total. The second kappa shape index (κ2) is 5.29. The molecular formula is C16H28N2O. The molecule has 1 N–H and O–H groups in total. The Morgan fingerprint density at radius 1 is 1.47 bits per heavy atom. The normalized spacial score (nSPS) is 23.4. The molecule has 0 fully saturated rings. The van der Waals surface area contributed by atoms with Crippen LogP contribution in [0.15, 0.2) is 12.3 Å². The van der Waals surface area contributed by atoms with Crippen LogP contribution in [0, 0.1) is 5.41 Å². The summed E-state index contributed by atoms with van der Waals surface area (Å²) in [6, 6.07) is 2.61. The van der Waals surface area contributed by atoms with E-state index in [1.165, 1.54) is 5.69 Å². The molecule has 2 rings (SSSR count). The predicted molar refractivity (Wildman–Crippen MR) is 79.4 cm³/mol. The van der Waals surface area contributed by atoms with Crippen molar-refractivity contribution in [1.82, 2.24) is 9.47 Å². The quantitative estimate of drug-likeness (QED) is 0.905. The molecule has 1 aromatic heterocycles. The smallest absolute Gasteiger partial charge is 0.0812 e. The average molecular weight is 264 g/mol. The van der Waals surface area contributed by atoms with Crippen LogP contribution in [0.3, 0.4) is 0 Å². The van der Waals surface area contributed by atoms with Crippen molar-refractivity contribution >= 4 is 0 Å². The Balaban J connectivity index is 2.20. The summed E-state index contributed by atoms with van der Waals surface area (Å²) in [6.45, 7) is 7.87. The van der Waals surface area contributed by atoms with Crippen molar-refractivity contribution in [2.45, 2.75) is 52.2 Å². The van der Waals surface area contributed by atoms with Crippen molar-refractivity contribution in [3.63, 3.8) is 0 Å². The van der Waals surface area contributed by atoms with Gasteiger partial charge in [0.2, 0.25) is 0 Å². The summed E-state index contributed by atoms with van der Waals surface area (Å²) < 4.78 is 2.38. The number of rotatable bonds is 4. The van der Waals surface area contributed by atoms with Crippen molar-refractivity contribution in [1.29, 1.82) is 0 Å². The van der Waals surface area contributed by atoms with Crippen LogP contribution in [0.4, 0.5) is 0 Å².